The van der Waals surface area contributed by atoms with Crippen molar-refractivity contribution in [3.8, 4) is 5.75 Å². The van der Waals surface area contributed by atoms with Crippen LogP contribution in [0.15, 0.2) is 48.8 Å². The van der Waals surface area contributed by atoms with Gasteiger partial charge in [0, 0.05) is 12.9 Å². The largest absolute Gasteiger partial charge is 0.429 e. The van der Waals surface area contributed by atoms with E-state index in [-0.39, 0.29) is 0 Å². The van der Waals surface area contributed by atoms with Crippen LogP contribution in [-0.2, 0) is 4.57 Å². The fourth-order valence-electron chi connectivity index (χ4n) is 1.80. The summed E-state index contributed by atoms with van der Waals surface area (Å²) in [5.74, 6) is 1.06. The summed E-state index contributed by atoms with van der Waals surface area (Å²) in [6.07, 6.45) is 3.28. The Morgan fingerprint density at radius 3 is 2.45 bits per heavy atom. The lowest BCUT2D eigenvalue weighted by Gasteiger charge is -2.17. The first-order valence-corrected chi connectivity index (χ1v) is 8.59. The van der Waals surface area contributed by atoms with Gasteiger partial charge in [0.15, 0.2) is 0 Å². The van der Waals surface area contributed by atoms with E-state index in [1.54, 1.807) is 31.2 Å². The molecule has 1 N–H and O–H groups in total. The number of hydrogen-bond acceptors (Lipinski definition) is 3. The molecule has 1 atom stereocenters. The highest BCUT2D eigenvalue weighted by Gasteiger charge is 2.17. The van der Waals surface area contributed by atoms with E-state index in [1.165, 1.54) is 5.56 Å². The molecule has 0 amide bonds. The quantitative estimate of drug-likeness (QED) is 0.823. The van der Waals surface area contributed by atoms with Crippen LogP contribution in [0.4, 0.5) is 5.69 Å². The SMILES string of the molecule is CC(C)c1ccc(O[P@@](C)(=O)Nc2cccnc2)cc1. The topological polar surface area (TPSA) is 51.2 Å². The Kier molecular flexibility index (Phi) is 4.46. The van der Waals surface area contributed by atoms with Gasteiger partial charge in [0.1, 0.15) is 5.75 Å². The van der Waals surface area contributed by atoms with Crippen molar-refractivity contribution in [2.24, 2.45) is 0 Å². The average molecular weight is 290 g/mol. The Labute approximate surface area is 119 Å². The second kappa shape index (κ2) is 6.10. The Morgan fingerprint density at radius 2 is 1.90 bits per heavy atom. The molecule has 20 heavy (non-hydrogen) atoms. The summed E-state index contributed by atoms with van der Waals surface area (Å²) in [7, 11) is -2.97. The van der Waals surface area contributed by atoms with E-state index in [4.69, 9.17) is 4.52 Å². The van der Waals surface area contributed by atoms with Crippen LogP contribution >= 0.6 is 7.52 Å². The lowest BCUT2D eigenvalue weighted by molar-refractivity contribution is 0.493. The highest BCUT2D eigenvalue weighted by atomic mass is 31.2. The van der Waals surface area contributed by atoms with Crippen LogP contribution in [0.2, 0.25) is 0 Å². The third-order valence-electron chi connectivity index (χ3n) is 2.82. The van der Waals surface area contributed by atoms with Gasteiger partial charge < -0.3 is 9.61 Å². The number of rotatable bonds is 5. The Bertz CT molecular complexity index is 597. The van der Waals surface area contributed by atoms with Crippen LogP contribution in [0.25, 0.3) is 0 Å². The molecule has 0 aliphatic heterocycles. The minimum Gasteiger partial charge on any atom is -0.429 e. The standard InChI is InChI=1S/C15H19N2O2P/c1-12(2)13-6-8-15(9-7-13)19-20(3,18)17-14-5-4-10-16-11-14/h4-12H,1-3H3,(H,17,18)/t20-/m1/s1. The summed E-state index contributed by atoms with van der Waals surface area (Å²) in [5.41, 5.74) is 1.90. The van der Waals surface area contributed by atoms with Gasteiger partial charge in [0.2, 0.25) is 0 Å². The van der Waals surface area contributed by atoms with E-state index in [9.17, 15) is 4.57 Å². The lowest BCUT2D eigenvalue weighted by Crippen LogP contribution is -2.02. The van der Waals surface area contributed by atoms with Gasteiger partial charge in [0.25, 0.3) is 0 Å². The maximum Gasteiger partial charge on any atom is 0.338 e. The molecule has 0 aliphatic rings. The summed E-state index contributed by atoms with van der Waals surface area (Å²) < 4.78 is 18.0. The van der Waals surface area contributed by atoms with Crippen molar-refractivity contribution in [3.63, 3.8) is 0 Å². The number of nitrogens with zero attached hydrogens (tertiary/aromatic N) is 1. The van der Waals surface area contributed by atoms with E-state index < -0.39 is 7.52 Å². The van der Waals surface area contributed by atoms with Crippen molar-refractivity contribution in [2.45, 2.75) is 19.8 Å². The minimum atomic E-state index is -2.97. The minimum absolute atomic E-state index is 0.464. The van der Waals surface area contributed by atoms with Gasteiger partial charge in [-0.05, 0) is 35.7 Å². The van der Waals surface area contributed by atoms with E-state index >= 15 is 0 Å². The normalized spacial score (nSPS) is 13.8. The molecule has 2 rings (SSSR count). The van der Waals surface area contributed by atoms with Crippen LogP contribution in [0.1, 0.15) is 25.3 Å². The second-order valence-corrected chi connectivity index (χ2v) is 7.11. The van der Waals surface area contributed by atoms with Crippen LogP contribution < -0.4 is 9.61 Å². The van der Waals surface area contributed by atoms with Crippen LogP contribution in [0, 0.1) is 0 Å². The molecular formula is C15H19N2O2P. The lowest BCUT2D eigenvalue weighted by atomic mass is 10.0. The van der Waals surface area contributed by atoms with Gasteiger partial charge in [-0.3, -0.25) is 9.55 Å². The first-order chi connectivity index (χ1) is 9.46. The third-order valence-corrected chi connectivity index (χ3v) is 4.04. The van der Waals surface area contributed by atoms with Gasteiger partial charge in [-0.15, -0.1) is 0 Å². The molecule has 1 aromatic heterocycles. The number of anilines is 1. The van der Waals surface area contributed by atoms with Gasteiger partial charge in [-0.1, -0.05) is 26.0 Å². The molecule has 0 saturated heterocycles. The highest BCUT2D eigenvalue weighted by molar-refractivity contribution is 7.60. The Balaban J connectivity index is 2.06. The Morgan fingerprint density at radius 1 is 1.20 bits per heavy atom. The summed E-state index contributed by atoms with van der Waals surface area (Å²) in [6.45, 7) is 5.81. The highest BCUT2D eigenvalue weighted by Crippen LogP contribution is 2.43. The smallest absolute Gasteiger partial charge is 0.338 e. The first-order valence-electron chi connectivity index (χ1n) is 6.52. The molecular weight excluding hydrogens is 271 g/mol. The van der Waals surface area contributed by atoms with Gasteiger partial charge >= 0.3 is 7.52 Å². The van der Waals surface area contributed by atoms with Gasteiger partial charge in [-0.25, -0.2) is 0 Å². The third kappa shape index (κ3) is 4.10. The van der Waals surface area contributed by atoms with Gasteiger partial charge in [-0.2, -0.15) is 0 Å². The van der Waals surface area contributed by atoms with Crippen molar-refractivity contribution in [3.05, 3.63) is 54.4 Å². The van der Waals surface area contributed by atoms with Gasteiger partial charge in [0.05, 0.1) is 11.9 Å². The fourth-order valence-corrected chi connectivity index (χ4v) is 2.97. The summed E-state index contributed by atoms with van der Waals surface area (Å²) in [5, 5.41) is 2.87. The monoisotopic (exact) mass is 290 g/mol. The van der Waals surface area contributed by atoms with Crippen LogP contribution in [0.5, 0.6) is 5.75 Å². The average Bonchev–Trinajstić information content (AvgIpc) is 2.39. The molecule has 1 aromatic carbocycles. The predicted octanol–water partition coefficient (Wildman–Crippen LogP) is 4.52. The molecule has 106 valence electrons. The van der Waals surface area contributed by atoms with E-state index in [0.29, 0.717) is 17.4 Å². The maximum atomic E-state index is 12.4. The molecule has 0 saturated carbocycles. The number of aromatic nitrogens is 1. The molecule has 2 aromatic rings. The molecule has 0 unspecified atom stereocenters. The molecule has 0 aliphatic carbocycles. The van der Waals surface area contributed by atoms with E-state index in [0.717, 1.165) is 0 Å². The zero-order valence-electron chi connectivity index (χ0n) is 11.9. The maximum absolute atomic E-state index is 12.4. The molecule has 0 radical (unpaired) electrons. The van der Waals surface area contributed by atoms with E-state index in [2.05, 4.69) is 23.9 Å². The van der Waals surface area contributed by atoms with Crippen molar-refractivity contribution in [2.75, 3.05) is 11.8 Å². The van der Waals surface area contributed by atoms with E-state index in [1.807, 2.05) is 24.3 Å². The molecule has 4 nitrogen and oxygen atoms in total. The zero-order chi connectivity index (χ0) is 14.6. The van der Waals surface area contributed by atoms with Crippen molar-refractivity contribution in [1.29, 1.82) is 0 Å². The first kappa shape index (κ1) is 14.6. The van der Waals surface area contributed by atoms with Crippen molar-refractivity contribution < 1.29 is 9.09 Å². The second-order valence-electron chi connectivity index (χ2n) is 5.01. The zero-order valence-corrected chi connectivity index (χ0v) is 12.8. The molecule has 0 bridgehead atoms. The summed E-state index contributed by atoms with van der Waals surface area (Å²) in [6, 6.07) is 11.2. The van der Waals surface area contributed by atoms with Crippen LogP contribution in [0.3, 0.4) is 0 Å². The Hall–Kier alpha value is -1.80. The number of pyridine rings is 1. The van der Waals surface area contributed by atoms with Crippen molar-refractivity contribution in [1.82, 2.24) is 4.98 Å². The van der Waals surface area contributed by atoms with Crippen LogP contribution in [-0.4, -0.2) is 11.6 Å². The van der Waals surface area contributed by atoms with Crippen molar-refractivity contribution >= 4 is 13.2 Å². The molecule has 1 heterocycles. The summed E-state index contributed by atoms with van der Waals surface area (Å²) in [4.78, 5) is 3.97. The summed E-state index contributed by atoms with van der Waals surface area (Å²) >= 11 is 0. The molecule has 0 fully saturated rings. The fraction of sp³-hybridized carbons (Fsp3) is 0.267. The number of benzene rings is 1. The predicted molar refractivity (Wildman–Crippen MR) is 82.5 cm³/mol. The number of hydrogen-bond donors (Lipinski definition) is 1. The molecule has 0 spiro atoms. The molecule has 5 heteroatoms. The number of nitrogens with one attached hydrogen (secondary N) is 1.